The molecule has 2 nitrogen and oxygen atoms in total. The summed E-state index contributed by atoms with van der Waals surface area (Å²) in [5, 5.41) is 0.390. The Balaban J connectivity index is 2.14. The molecule has 0 spiro atoms. The summed E-state index contributed by atoms with van der Waals surface area (Å²) in [6.07, 6.45) is 2.46. The van der Waals surface area contributed by atoms with Gasteiger partial charge in [-0.2, -0.15) is 0 Å². The Hall–Kier alpha value is 0.210. The number of rotatable bonds is 3. The lowest BCUT2D eigenvalue weighted by atomic mass is 10.1. The molecule has 1 fully saturated rings. The summed E-state index contributed by atoms with van der Waals surface area (Å²) < 4.78 is 0. The van der Waals surface area contributed by atoms with E-state index in [1.807, 2.05) is 0 Å². The average Bonchev–Trinajstić information content (AvgIpc) is 2.01. The molecule has 1 heterocycles. The number of halogens is 1. The normalized spacial score (nSPS) is 26.5. The molecule has 1 atom stereocenters. The molecule has 3 heteroatoms. The summed E-state index contributed by atoms with van der Waals surface area (Å²) in [7, 11) is 4.23. The smallest absolute Gasteiger partial charge is 0.0463 e. The van der Waals surface area contributed by atoms with E-state index in [0.29, 0.717) is 5.38 Å². The zero-order valence-corrected chi connectivity index (χ0v) is 8.85. The standard InChI is InChI=1S/C9H19ClN2/c1-11(2)6-7-12-5-3-4-9(10)8-12/h9H,3-8H2,1-2H3. The molecule has 12 heavy (non-hydrogen) atoms. The second kappa shape index (κ2) is 5.05. The molecule has 1 unspecified atom stereocenters. The zero-order valence-electron chi connectivity index (χ0n) is 8.09. The SMILES string of the molecule is CN(C)CCN1CCCC(Cl)C1. The van der Waals surface area contributed by atoms with Crippen molar-refractivity contribution in [2.24, 2.45) is 0 Å². The van der Waals surface area contributed by atoms with E-state index in [9.17, 15) is 0 Å². The Bertz CT molecular complexity index is 128. The average molecular weight is 191 g/mol. The van der Waals surface area contributed by atoms with E-state index in [4.69, 9.17) is 11.6 Å². The van der Waals surface area contributed by atoms with Crippen molar-refractivity contribution < 1.29 is 0 Å². The molecular weight excluding hydrogens is 172 g/mol. The van der Waals surface area contributed by atoms with Crippen LogP contribution in [0.5, 0.6) is 0 Å². The lowest BCUT2D eigenvalue weighted by Gasteiger charge is -2.30. The Morgan fingerprint density at radius 3 is 2.83 bits per heavy atom. The fourth-order valence-electron chi connectivity index (χ4n) is 1.54. The number of likely N-dealkylation sites (tertiary alicyclic amines) is 1. The van der Waals surface area contributed by atoms with E-state index in [1.165, 1.54) is 19.4 Å². The van der Waals surface area contributed by atoms with Gasteiger partial charge in [-0.15, -0.1) is 11.6 Å². The van der Waals surface area contributed by atoms with Crippen LogP contribution in [0, 0.1) is 0 Å². The first-order valence-electron chi connectivity index (χ1n) is 4.69. The van der Waals surface area contributed by atoms with Gasteiger partial charge >= 0.3 is 0 Å². The molecule has 0 aliphatic carbocycles. The number of likely N-dealkylation sites (N-methyl/N-ethyl adjacent to an activating group) is 1. The highest BCUT2D eigenvalue weighted by atomic mass is 35.5. The van der Waals surface area contributed by atoms with Gasteiger partial charge in [0, 0.05) is 25.0 Å². The summed E-state index contributed by atoms with van der Waals surface area (Å²) >= 11 is 6.07. The van der Waals surface area contributed by atoms with E-state index < -0.39 is 0 Å². The van der Waals surface area contributed by atoms with Crippen LogP contribution in [0.3, 0.4) is 0 Å². The van der Waals surface area contributed by atoms with Crippen LogP contribution < -0.4 is 0 Å². The van der Waals surface area contributed by atoms with Crippen molar-refractivity contribution in [2.75, 3.05) is 40.3 Å². The van der Waals surface area contributed by atoms with Gasteiger partial charge in [0.1, 0.15) is 0 Å². The minimum Gasteiger partial charge on any atom is -0.308 e. The molecule has 1 aliphatic rings. The van der Waals surface area contributed by atoms with Gasteiger partial charge in [-0.25, -0.2) is 0 Å². The molecule has 1 aliphatic heterocycles. The van der Waals surface area contributed by atoms with Gasteiger partial charge in [-0.3, -0.25) is 0 Å². The fourth-order valence-corrected chi connectivity index (χ4v) is 1.89. The second-order valence-electron chi connectivity index (χ2n) is 3.84. The summed E-state index contributed by atoms with van der Waals surface area (Å²) in [6.45, 7) is 4.62. The van der Waals surface area contributed by atoms with Crippen LogP contribution in [-0.4, -0.2) is 55.5 Å². The molecule has 0 radical (unpaired) electrons. The summed E-state index contributed by atoms with van der Waals surface area (Å²) in [4.78, 5) is 4.68. The largest absolute Gasteiger partial charge is 0.308 e. The van der Waals surface area contributed by atoms with E-state index in [0.717, 1.165) is 19.6 Å². The molecule has 0 bridgehead atoms. The second-order valence-corrected chi connectivity index (χ2v) is 4.46. The molecule has 72 valence electrons. The highest BCUT2D eigenvalue weighted by Crippen LogP contribution is 2.14. The van der Waals surface area contributed by atoms with E-state index in [2.05, 4.69) is 23.9 Å². The molecule has 0 amide bonds. The van der Waals surface area contributed by atoms with Crippen LogP contribution in [0.25, 0.3) is 0 Å². The molecule has 1 rings (SSSR count). The van der Waals surface area contributed by atoms with Gasteiger partial charge in [-0.05, 0) is 33.5 Å². The van der Waals surface area contributed by atoms with Gasteiger partial charge in [-0.1, -0.05) is 0 Å². The van der Waals surface area contributed by atoms with Crippen LogP contribution in [0.15, 0.2) is 0 Å². The van der Waals surface area contributed by atoms with Crippen molar-refractivity contribution >= 4 is 11.6 Å². The number of nitrogens with zero attached hydrogens (tertiary/aromatic N) is 2. The zero-order chi connectivity index (χ0) is 8.97. The Morgan fingerprint density at radius 1 is 1.50 bits per heavy atom. The lowest BCUT2D eigenvalue weighted by molar-refractivity contribution is 0.209. The van der Waals surface area contributed by atoms with Crippen molar-refractivity contribution in [1.82, 2.24) is 9.80 Å². The van der Waals surface area contributed by atoms with E-state index in [1.54, 1.807) is 0 Å². The van der Waals surface area contributed by atoms with Crippen LogP contribution in [-0.2, 0) is 0 Å². The summed E-state index contributed by atoms with van der Waals surface area (Å²) in [6, 6.07) is 0. The van der Waals surface area contributed by atoms with Gasteiger partial charge < -0.3 is 9.80 Å². The highest BCUT2D eigenvalue weighted by molar-refractivity contribution is 6.20. The Labute approximate surface area is 80.5 Å². The first-order chi connectivity index (χ1) is 5.68. The summed E-state index contributed by atoms with van der Waals surface area (Å²) in [5.41, 5.74) is 0. The maximum Gasteiger partial charge on any atom is 0.0463 e. The third-order valence-electron chi connectivity index (χ3n) is 2.31. The molecule has 0 saturated carbocycles. The first kappa shape index (κ1) is 10.3. The molecule has 0 aromatic heterocycles. The predicted octanol–water partition coefficient (Wildman–Crippen LogP) is 1.25. The van der Waals surface area contributed by atoms with Gasteiger partial charge in [0.05, 0.1) is 0 Å². The topological polar surface area (TPSA) is 6.48 Å². The third-order valence-corrected chi connectivity index (χ3v) is 2.67. The Morgan fingerprint density at radius 2 is 2.25 bits per heavy atom. The lowest BCUT2D eigenvalue weighted by Crippen LogP contribution is -2.39. The predicted molar refractivity (Wildman–Crippen MR) is 53.9 cm³/mol. The number of piperidine rings is 1. The van der Waals surface area contributed by atoms with Crippen LogP contribution in [0.2, 0.25) is 0 Å². The third kappa shape index (κ3) is 3.74. The van der Waals surface area contributed by atoms with Crippen molar-refractivity contribution in [2.45, 2.75) is 18.2 Å². The van der Waals surface area contributed by atoms with Crippen molar-refractivity contribution in [3.05, 3.63) is 0 Å². The number of hydrogen-bond donors (Lipinski definition) is 0. The van der Waals surface area contributed by atoms with E-state index >= 15 is 0 Å². The first-order valence-corrected chi connectivity index (χ1v) is 5.13. The Kier molecular flexibility index (Phi) is 4.33. The van der Waals surface area contributed by atoms with Crippen LogP contribution in [0.4, 0.5) is 0 Å². The number of hydrogen-bond acceptors (Lipinski definition) is 2. The molecule has 0 aromatic carbocycles. The van der Waals surface area contributed by atoms with Crippen LogP contribution in [0.1, 0.15) is 12.8 Å². The highest BCUT2D eigenvalue weighted by Gasteiger charge is 2.16. The maximum atomic E-state index is 6.07. The molecule has 1 saturated heterocycles. The van der Waals surface area contributed by atoms with Crippen molar-refractivity contribution in [3.63, 3.8) is 0 Å². The van der Waals surface area contributed by atoms with E-state index in [-0.39, 0.29) is 0 Å². The van der Waals surface area contributed by atoms with Crippen molar-refractivity contribution in [3.8, 4) is 0 Å². The summed E-state index contributed by atoms with van der Waals surface area (Å²) in [5.74, 6) is 0. The quantitative estimate of drug-likeness (QED) is 0.619. The van der Waals surface area contributed by atoms with Gasteiger partial charge in [0.15, 0.2) is 0 Å². The minimum atomic E-state index is 0.390. The fraction of sp³-hybridized carbons (Fsp3) is 1.00. The van der Waals surface area contributed by atoms with Crippen LogP contribution >= 0.6 is 11.6 Å². The maximum absolute atomic E-state index is 6.07. The number of alkyl halides is 1. The molecule has 0 aromatic rings. The molecule has 0 N–H and O–H groups in total. The van der Waals surface area contributed by atoms with Gasteiger partial charge in [0.2, 0.25) is 0 Å². The monoisotopic (exact) mass is 190 g/mol. The minimum absolute atomic E-state index is 0.390. The van der Waals surface area contributed by atoms with Gasteiger partial charge in [0.25, 0.3) is 0 Å². The van der Waals surface area contributed by atoms with Crippen molar-refractivity contribution in [1.29, 1.82) is 0 Å². The molecular formula is C9H19ClN2.